The second-order valence-electron chi connectivity index (χ2n) is 3.02. The number of carboxylic acid groups (broad SMARTS) is 1. The molecule has 5 nitrogen and oxygen atoms in total. The zero-order valence-electron chi connectivity index (χ0n) is 8.16. The molecule has 0 aliphatic carbocycles. The van der Waals surface area contributed by atoms with Crippen molar-refractivity contribution in [2.45, 2.75) is 19.3 Å². The zero-order valence-corrected chi connectivity index (χ0v) is 8.16. The molecule has 1 aromatic rings. The van der Waals surface area contributed by atoms with Gasteiger partial charge in [0.25, 0.3) is 0 Å². The van der Waals surface area contributed by atoms with E-state index in [0.717, 1.165) is 25.5 Å². The summed E-state index contributed by atoms with van der Waals surface area (Å²) in [5, 5.41) is 10.4. The van der Waals surface area contributed by atoms with Crippen LogP contribution in [0.3, 0.4) is 0 Å². The van der Waals surface area contributed by atoms with Crippen LogP contribution in [0.25, 0.3) is 0 Å². The lowest BCUT2D eigenvalue weighted by molar-refractivity contribution is -0.192. The van der Waals surface area contributed by atoms with Crippen LogP contribution in [0.4, 0.5) is 13.2 Å². The van der Waals surface area contributed by atoms with Gasteiger partial charge in [0.1, 0.15) is 5.82 Å². The molecule has 1 aliphatic rings. The summed E-state index contributed by atoms with van der Waals surface area (Å²) in [7, 11) is 0. The van der Waals surface area contributed by atoms with Crippen LogP contribution in [0.15, 0.2) is 12.4 Å². The Bertz CT molecular complexity index is 341. The second kappa shape index (κ2) is 4.97. The third-order valence-corrected chi connectivity index (χ3v) is 1.86. The van der Waals surface area contributed by atoms with Gasteiger partial charge in [-0.2, -0.15) is 13.2 Å². The van der Waals surface area contributed by atoms with Crippen molar-refractivity contribution in [3.63, 3.8) is 0 Å². The molecule has 0 unspecified atom stereocenters. The number of carbonyl (C=O) groups is 1. The molecule has 2 heterocycles. The summed E-state index contributed by atoms with van der Waals surface area (Å²) in [4.78, 5) is 13.1. The standard InChI is InChI=1S/C6H9N3.C2HF3O2/c1-3-9-4-2-8-6(9)5-7-1;3-2(4,5)1(6)7/h2,4,7H,1,3,5H2;(H,6,7). The van der Waals surface area contributed by atoms with E-state index in [1.807, 2.05) is 12.4 Å². The number of nitrogens with one attached hydrogen (secondary N) is 1. The van der Waals surface area contributed by atoms with E-state index in [-0.39, 0.29) is 0 Å². The molecule has 0 amide bonds. The topological polar surface area (TPSA) is 67.1 Å². The van der Waals surface area contributed by atoms with E-state index >= 15 is 0 Å². The molecule has 8 heteroatoms. The minimum atomic E-state index is -5.08. The number of hydrogen-bond acceptors (Lipinski definition) is 3. The molecule has 0 saturated heterocycles. The Kier molecular flexibility index (Phi) is 3.88. The van der Waals surface area contributed by atoms with Crippen molar-refractivity contribution in [1.82, 2.24) is 14.9 Å². The van der Waals surface area contributed by atoms with Crippen LogP contribution in [-0.2, 0) is 17.9 Å². The summed E-state index contributed by atoms with van der Waals surface area (Å²) in [5.41, 5.74) is 0. The van der Waals surface area contributed by atoms with Crippen molar-refractivity contribution in [3.8, 4) is 0 Å². The van der Waals surface area contributed by atoms with Crippen LogP contribution in [0, 0.1) is 0 Å². The Labute approximate surface area is 88.9 Å². The third kappa shape index (κ3) is 3.54. The van der Waals surface area contributed by atoms with Crippen LogP contribution in [0.5, 0.6) is 0 Å². The molecule has 0 spiro atoms. The summed E-state index contributed by atoms with van der Waals surface area (Å²) in [6, 6.07) is 0. The van der Waals surface area contributed by atoms with Gasteiger partial charge in [0.15, 0.2) is 0 Å². The van der Waals surface area contributed by atoms with Gasteiger partial charge in [-0.3, -0.25) is 0 Å². The highest BCUT2D eigenvalue weighted by Crippen LogP contribution is 2.13. The van der Waals surface area contributed by atoms with Crippen LogP contribution in [-0.4, -0.2) is 33.3 Å². The SMILES string of the molecule is O=C(O)C(F)(F)F.c1cn2c(n1)CNCC2. The predicted octanol–water partition coefficient (Wildman–Crippen LogP) is 0.620. The molecule has 0 bridgehead atoms. The van der Waals surface area contributed by atoms with Gasteiger partial charge in [-0.25, -0.2) is 9.78 Å². The quantitative estimate of drug-likeness (QED) is 0.694. The van der Waals surface area contributed by atoms with E-state index < -0.39 is 12.1 Å². The molecular formula is C8H10F3N3O2. The second-order valence-corrected chi connectivity index (χ2v) is 3.02. The lowest BCUT2D eigenvalue weighted by Gasteiger charge is -2.13. The molecule has 1 aromatic heterocycles. The molecule has 0 fully saturated rings. The fourth-order valence-electron chi connectivity index (χ4n) is 1.11. The van der Waals surface area contributed by atoms with Gasteiger partial charge < -0.3 is 15.0 Å². The van der Waals surface area contributed by atoms with Crippen molar-refractivity contribution in [2.75, 3.05) is 6.54 Å². The molecular weight excluding hydrogens is 227 g/mol. The highest BCUT2D eigenvalue weighted by molar-refractivity contribution is 5.73. The lowest BCUT2D eigenvalue weighted by Crippen LogP contribution is -2.27. The molecule has 2 N–H and O–H groups in total. The van der Waals surface area contributed by atoms with Gasteiger partial charge >= 0.3 is 12.1 Å². The van der Waals surface area contributed by atoms with E-state index in [1.165, 1.54) is 0 Å². The van der Waals surface area contributed by atoms with E-state index in [1.54, 1.807) is 0 Å². The molecule has 90 valence electrons. The average molecular weight is 237 g/mol. The smallest absolute Gasteiger partial charge is 0.475 e. The minimum Gasteiger partial charge on any atom is -0.475 e. The minimum absolute atomic E-state index is 0.924. The number of imidazole rings is 1. The normalized spacial score (nSPS) is 14.7. The maximum absolute atomic E-state index is 10.6. The van der Waals surface area contributed by atoms with Gasteiger partial charge in [-0.1, -0.05) is 0 Å². The Morgan fingerprint density at radius 1 is 1.56 bits per heavy atom. The molecule has 0 saturated carbocycles. The van der Waals surface area contributed by atoms with Gasteiger partial charge in [-0.15, -0.1) is 0 Å². The van der Waals surface area contributed by atoms with Crippen molar-refractivity contribution < 1.29 is 23.1 Å². The molecule has 0 atom stereocenters. The van der Waals surface area contributed by atoms with Gasteiger partial charge in [-0.05, 0) is 0 Å². The summed E-state index contributed by atoms with van der Waals surface area (Å²) in [6.07, 6.45) is -1.21. The Balaban J connectivity index is 0.000000168. The van der Waals surface area contributed by atoms with Crippen LogP contribution >= 0.6 is 0 Å². The van der Waals surface area contributed by atoms with E-state index in [2.05, 4.69) is 14.9 Å². The number of aliphatic carboxylic acids is 1. The summed E-state index contributed by atoms with van der Waals surface area (Å²) in [6.45, 7) is 3.06. The van der Waals surface area contributed by atoms with Gasteiger partial charge in [0, 0.05) is 25.5 Å². The summed E-state index contributed by atoms with van der Waals surface area (Å²) in [5.74, 6) is -1.60. The maximum atomic E-state index is 10.6. The first-order chi connectivity index (χ1) is 7.41. The number of halogens is 3. The molecule has 0 aromatic carbocycles. The van der Waals surface area contributed by atoms with E-state index in [4.69, 9.17) is 9.90 Å². The van der Waals surface area contributed by atoms with Crippen molar-refractivity contribution in [3.05, 3.63) is 18.2 Å². The van der Waals surface area contributed by atoms with Gasteiger partial charge in [0.05, 0.1) is 6.54 Å². The number of fused-ring (bicyclic) bond motifs is 1. The first-order valence-corrected chi connectivity index (χ1v) is 4.42. The maximum Gasteiger partial charge on any atom is 0.490 e. The number of aromatic nitrogens is 2. The highest BCUT2D eigenvalue weighted by Gasteiger charge is 2.38. The predicted molar refractivity (Wildman–Crippen MR) is 47.6 cm³/mol. The number of alkyl halides is 3. The van der Waals surface area contributed by atoms with Crippen molar-refractivity contribution in [1.29, 1.82) is 0 Å². The number of nitrogens with zero attached hydrogens (tertiary/aromatic N) is 2. The van der Waals surface area contributed by atoms with Crippen LogP contribution < -0.4 is 5.32 Å². The van der Waals surface area contributed by atoms with Crippen molar-refractivity contribution in [2.24, 2.45) is 0 Å². The summed E-state index contributed by atoms with van der Waals surface area (Å²) >= 11 is 0. The fraction of sp³-hybridized carbons (Fsp3) is 0.500. The lowest BCUT2D eigenvalue weighted by atomic mass is 10.4. The largest absolute Gasteiger partial charge is 0.490 e. The Morgan fingerprint density at radius 2 is 2.19 bits per heavy atom. The fourth-order valence-corrected chi connectivity index (χ4v) is 1.11. The molecule has 16 heavy (non-hydrogen) atoms. The van der Waals surface area contributed by atoms with E-state index in [0.29, 0.717) is 0 Å². The van der Waals surface area contributed by atoms with Crippen LogP contribution in [0.1, 0.15) is 5.82 Å². The third-order valence-electron chi connectivity index (χ3n) is 1.86. The molecule has 2 rings (SSSR count). The van der Waals surface area contributed by atoms with Crippen molar-refractivity contribution >= 4 is 5.97 Å². The van der Waals surface area contributed by atoms with E-state index in [9.17, 15) is 13.2 Å². The zero-order chi connectivity index (χ0) is 12.2. The first-order valence-electron chi connectivity index (χ1n) is 4.42. The molecule has 1 aliphatic heterocycles. The molecule has 0 radical (unpaired) electrons. The summed E-state index contributed by atoms with van der Waals surface area (Å²) < 4.78 is 33.9. The number of carboxylic acids is 1. The Hall–Kier alpha value is -1.57. The van der Waals surface area contributed by atoms with Gasteiger partial charge in [0.2, 0.25) is 0 Å². The number of rotatable bonds is 0. The van der Waals surface area contributed by atoms with Crippen LogP contribution in [0.2, 0.25) is 0 Å². The first kappa shape index (κ1) is 12.5. The highest BCUT2D eigenvalue weighted by atomic mass is 19.4. The number of hydrogen-bond donors (Lipinski definition) is 2. The monoisotopic (exact) mass is 237 g/mol. The Morgan fingerprint density at radius 3 is 2.69 bits per heavy atom. The average Bonchev–Trinajstić information content (AvgIpc) is 2.64.